The average molecular weight is 178 g/mol. The quantitative estimate of drug-likeness (QED) is 0.737. The molecule has 1 rings (SSSR count). The monoisotopic (exact) mass is 178 g/mol. The van der Waals surface area contributed by atoms with Crippen molar-refractivity contribution in [1.29, 1.82) is 0 Å². The van der Waals surface area contributed by atoms with Crippen LogP contribution in [0.3, 0.4) is 0 Å². The van der Waals surface area contributed by atoms with E-state index in [1.807, 2.05) is 58.2 Å². The molecule has 13 heavy (non-hydrogen) atoms. The maximum Gasteiger partial charge on any atom is 0.0646 e. The van der Waals surface area contributed by atoms with Gasteiger partial charge in [-0.25, -0.2) is 0 Å². The van der Waals surface area contributed by atoms with E-state index in [4.69, 9.17) is 0 Å². The molecule has 0 amide bonds. The molecule has 0 bridgehead atoms. The van der Waals surface area contributed by atoms with Gasteiger partial charge in [0, 0.05) is 5.56 Å². The van der Waals surface area contributed by atoms with Gasteiger partial charge in [-0.1, -0.05) is 32.1 Å². The van der Waals surface area contributed by atoms with Gasteiger partial charge >= 0.3 is 0 Å². The van der Waals surface area contributed by atoms with Gasteiger partial charge in [0.05, 0.1) is 11.9 Å². The zero-order valence-electron chi connectivity index (χ0n) is 8.83. The fourth-order valence-corrected chi connectivity index (χ4v) is 0.918. The van der Waals surface area contributed by atoms with Crippen LogP contribution in [-0.2, 0) is 0 Å². The second-order valence-electron chi connectivity index (χ2n) is 2.24. The van der Waals surface area contributed by atoms with E-state index in [0.717, 1.165) is 11.3 Å². The number of nitrogens with one attached hydrogen (secondary N) is 1. The smallest absolute Gasteiger partial charge is 0.0646 e. The Morgan fingerprint density at radius 3 is 2.31 bits per heavy atom. The lowest BCUT2D eigenvalue weighted by molar-refractivity contribution is 1.08. The molecule has 1 heterocycles. The number of hydrogen-bond donors (Lipinski definition) is 1. The molecule has 0 fully saturated rings. The number of allylic oxidation sites excluding steroid dienone is 2. The Balaban J connectivity index is 0.000000671. The largest absolute Gasteiger partial charge is 0.278 e. The van der Waals surface area contributed by atoms with Gasteiger partial charge in [-0.15, -0.1) is 0 Å². The number of H-pyrrole nitrogens is 1. The molecule has 0 aliphatic rings. The second kappa shape index (κ2) is 7.35. The van der Waals surface area contributed by atoms with Crippen molar-refractivity contribution in [2.45, 2.75) is 27.7 Å². The molecular weight excluding hydrogens is 160 g/mol. The molecule has 2 nitrogen and oxygen atoms in total. The van der Waals surface area contributed by atoms with Crippen molar-refractivity contribution in [3.8, 4) is 0 Å². The van der Waals surface area contributed by atoms with Crippen LogP contribution in [0.25, 0.3) is 12.2 Å². The molecular formula is C11H18N2. The lowest BCUT2D eigenvalue weighted by atomic mass is 10.2. The molecule has 0 spiro atoms. The highest BCUT2D eigenvalue weighted by atomic mass is 15.1. The fourth-order valence-electron chi connectivity index (χ4n) is 0.918. The number of aromatic amines is 1. The molecule has 0 saturated carbocycles. The van der Waals surface area contributed by atoms with Crippen LogP contribution < -0.4 is 0 Å². The van der Waals surface area contributed by atoms with Gasteiger partial charge in [-0.2, -0.15) is 5.10 Å². The average Bonchev–Trinajstić information content (AvgIpc) is 2.58. The molecule has 0 aliphatic carbocycles. The zero-order chi connectivity index (χ0) is 10.1. The van der Waals surface area contributed by atoms with E-state index < -0.39 is 0 Å². The summed E-state index contributed by atoms with van der Waals surface area (Å²) in [7, 11) is 0. The third-order valence-corrected chi connectivity index (χ3v) is 1.38. The highest BCUT2D eigenvalue weighted by molar-refractivity contribution is 5.61. The zero-order valence-corrected chi connectivity index (χ0v) is 8.83. The van der Waals surface area contributed by atoms with E-state index in [1.54, 1.807) is 0 Å². The summed E-state index contributed by atoms with van der Waals surface area (Å²) in [5, 5.41) is 6.84. The molecule has 0 aliphatic heterocycles. The standard InChI is InChI=1S/C9H12N2.C2H6/c1-3-5-8-7-10-11-9(8)6-4-2;1-2/h3-7H,1-2H3,(H,10,11);1-2H3/b5-3-,6-4-;. The minimum atomic E-state index is 1.06. The summed E-state index contributed by atoms with van der Waals surface area (Å²) in [5.41, 5.74) is 2.19. The molecule has 1 N–H and O–H groups in total. The van der Waals surface area contributed by atoms with Gasteiger partial charge in [0.25, 0.3) is 0 Å². The molecule has 72 valence electrons. The van der Waals surface area contributed by atoms with Crippen molar-refractivity contribution in [2.75, 3.05) is 0 Å². The molecule has 0 saturated heterocycles. The Morgan fingerprint density at radius 2 is 1.77 bits per heavy atom. The second-order valence-corrected chi connectivity index (χ2v) is 2.24. The normalized spacial score (nSPS) is 10.5. The maximum absolute atomic E-state index is 3.93. The van der Waals surface area contributed by atoms with E-state index in [0.29, 0.717) is 0 Å². The number of aromatic nitrogens is 2. The Kier molecular flexibility index (Phi) is 6.60. The van der Waals surface area contributed by atoms with Crippen molar-refractivity contribution < 1.29 is 0 Å². The minimum absolute atomic E-state index is 1.06. The van der Waals surface area contributed by atoms with Crippen molar-refractivity contribution >= 4 is 12.2 Å². The number of hydrogen-bond acceptors (Lipinski definition) is 1. The van der Waals surface area contributed by atoms with Gasteiger partial charge in [0.1, 0.15) is 0 Å². The lowest BCUT2D eigenvalue weighted by Gasteiger charge is -1.87. The predicted octanol–water partition coefficient (Wildman–Crippen LogP) is 3.50. The van der Waals surface area contributed by atoms with Gasteiger partial charge < -0.3 is 0 Å². The Morgan fingerprint density at radius 1 is 1.15 bits per heavy atom. The molecule has 2 heteroatoms. The molecule has 0 aromatic carbocycles. The Labute approximate surface area is 80.4 Å². The highest BCUT2D eigenvalue weighted by Gasteiger charge is 1.94. The first-order valence-electron chi connectivity index (χ1n) is 4.67. The summed E-state index contributed by atoms with van der Waals surface area (Å²) < 4.78 is 0. The predicted molar refractivity (Wildman–Crippen MR) is 59.4 cm³/mol. The van der Waals surface area contributed by atoms with Crippen LogP contribution in [0.5, 0.6) is 0 Å². The summed E-state index contributed by atoms with van der Waals surface area (Å²) in [6, 6.07) is 0. The highest BCUT2D eigenvalue weighted by Crippen LogP contribution is 2.08. The van der Waals surface area contributed by atoms with Crippen LogP contribution in [0.15, 0.2) is 18.3 Å². The first-order chi connectivity index (χ1) is 6.38. The topological polar surface area (TPSA) is 28.7 Å². The fraction of sp³-hybridized carbons (Fsp3) is 0.364. The third kappa shape index (κ3) is 3.74. The Bertz CT molecular complexity index is 243. The number of rotatable bonds is 2. The van der Waals surface area contributed by atoms with E-state index in [-0.39, 0.29) is 0 Å². The van der Waals surface area contributed by atoms with Crippen LogP contribution in [0.2, 0.25) is 0 Å². The van der Waals surface area contributed by atoms with E-state index in [2.05, 4.69) is 10.2 Å². The first kappa shape index (κ1) is 11.7. The van der Waals surface area contributed by atoms with Crippen LogP contribution in [-0.4, -0.2) is 10.2 Å². The van der Waals surface area contributed by atoms with Crippen LogP contribution >= 0.6 is 0 Å². The maximum atomic E-state index is 3.93. The molecule has 0 unspecified atom stereocenters. The summed E-state index contributed by atoms with van der Waals surface area (Å²) in [4.78, 5) is 0. The molecule has 1 aromatic heterocycles. The van der Waals surface area contributed by atoms with Crippen molar-refractivity contribution in [3.63, 3.8) is 0 Å². The summed E-state index contributed by atoms with van der Waals surface area (Å²) in [6.45, 7) is 7.98. The van der Waals surface area contributed by atoms with E-state index >= 15 is 0 Å². The minimum Gasteiger partial charge on any atom is -0.278 e. The Hall–Kier alpha value is -1.31. The third-order valence-electron chi connectivity index (χ3n) is 1.38. The van der Waals surface area contributed by atoms with Crippen molar-refractivity contribution in [3.05, 3.63) is 29.6 Å². The summed E-state index contributed by atoms with van der Waals surface area (Å²) >= 11 is 0. The molecule has 1 aromatic rings. The van der Waals surface area contributed by atoms with Crippen molar-refractivity contribution in [1.82, 2.24) is 10.2 Å². The van der Waals surface area contributed by atoms with E-state index in [1.165, 1.54) is 0 Å². The molecule has 0 radical (unpaired) electrons. The summed E-state index contributed by atoms with van der Waals surface area (Å²) in [6.07, 6.45) is 9.83. The van der Waals surface area contributed by atoms with Gasteiger partial charge in [0.15, 0.2) is 0 Å². The first-order valence-corrected chi connectivity index (χ1v) is 4.67. The van der Waals surface area contributed by atoms with E-state index in [9.17, 15) is 0 Å². The van der Waals surface area contributed by atoms with Crippen LogP contribution in [0, 0.1) is 0 Å². The van der Waals surface area contributed by atoms with Gasteiger partial charge in [-0.3, -0.25) is 5.10 Å². The molecule has 0 atom stereocenters. The SMILES string of the molecule is C/C=C\c1cn[nH]c1/C=C\C.CC. The van der Waals surface area contributed by atoms with Gasteiger partial charge in [-0.05, 0) is 19.9 Å². The lowest BCUT2D eigenvalue weighted by Crippen LogP contribution is -1.74. The summed E-state index contributed by atoms with van der Waals surface area (Å²) in [5.74, 6) is 0. The van der Waals surface area contributed by atoms with Crippen molar-refractivity contribution in [2.24, 2.45) is 0 Å². The van der Waals surface area contributed by atoms with Gasteiger partial charge in [0.2, 0.25) is 0 Å². The number of nitrogens with zero attached hydrogens (tertiary/aromatic N) is 1. The van der Waals surface area contributed by atoms with Crippen LogP contribution in [0.4, 0.5) is 0 Å². The van der Waals surface area contributed by atoms with Crippen LogP contribution in [0.1, 0.15) is 39.0 Å².